The standard InChI is InChI=1S/C11H11ClFN3O/c1-16-11(14)7(5-15-16)6-3-8(12)10(13)9(4-6)17-2/h3-5H,14H2,1-2H3. The molecule has 2 N–H and O–H groups in total. The van der Waals surface area contributed by atoms with Crippen LogP contribution in [0.1, 0.15) is 0 Å². The maximum atomic E-state index is 13.5. The summed E-state index contributed by atoms with van der Waals surface area (Å²) in [6, 6.07) is 3.03. The number of nitrogens with two attached hydrogens (primary N) is 1. The van der Waals surface area contributed by atoms with Gasteiger partial charge >= 0.3 is 0 Å². The van der Waals surface area contributed by atoms with Gasteiger partial charge in [0.05, 0.1) is 18.3 Å². The quantitative estimate of drug-likeness (QED) is 0.897. The number of benzene rings is 1. The number of hydrogen-bond donors (Lipinski definition) is 1. The molecule has 0 atom stereocenters. The molecule has 17 heavy (non-hydrogen) atoms. The number of hydrogen-bond acceptors (Lipinski definition) is 3. The van der Waals surface area contributed by atoms with Crippen LogP contribution in [0.3, 0.4) is 0 Å². The fraction of sp³-hybridized carbons (Fsp3) is 0.182. The average Bonchev–Trinajstić information content (AvgIpc) is 2.64. The first-order valence-corrected chi connectivity index (χ1v) is 5.23. The second-order valence-electron chi connectivity index (χ2n) is 3.54. The molecule has 6 heteroatoms. The van der Waals surface area contributed by atoms with Crippen LogP contribution in [0.4, 0.5) is 10.2 Å². The van der Waals surface area contributed by atoms with Crippen molar-refractivity contribution in [3.63, 3.8) is 0 Å². The van der Waals surface area contributed by atoms with Crippen LogP contribution in [-0.4, -0.2) is 16.9 Å². The molecule has 1 aromatic carbocycles. The average molecular weight is 256 g/mol. The molecule has 0 radical (unpaired) electrons. The lowest BCUT2D eigenvalue weighted by Gasteiger charge is -2.07. The second-order valence-corrected chi connectivity index (χ2v) is 3.95. The molecule has 2 rings (SSSR count). The minimum atomic E-state index is -0.583. The molecule has 0 spiro atoms. The van der Waals surface area contributed by atoms with Crippen LogP contribution in [0.15, 0.2) is 18.3 Å². The van der Waals surface area contributed by atoms with Crippen molar-refractivity contribution in [3.8, 4) is 16.9 Å². The Bertz CT molecular complexity index is 568. The van der Waals surface area contributed by atoms with Gasteiger partial charge in [0.2, 0.25) is 0 Å². The summed E-state index contributed by atoms with van der Waals surface area (Å²) < 4.78 is 19.9. The Morgan fingerprint density at radius 2 is 2.18 bits per heavy atom. The fourth-order valence-electron chi connectivity index (χ4n) is 1.54. The summed E-state index contributed by atoms with van der Waals surface area (Å²) in [6.07, 6.45) is 1.60. The van der Waals surface area contributed by atoms with Gasteiger partial charge in [-0.15, -0.1) is 0 Å². The van der Waals surface area contributed by atoms with Gasteiger partial charge in [-0.3, -0.25) is 4.68 Å². The molecule has 1 heterocycles. The van der Waals surface area contributed by atoms with Gasteiger partial charge < -0.3 is 10.5 Å². The van der Waals surface area contributed by atoms with E-state index in [0.29, 0.717) is 16.9 Å². The molecule has 2 aromatic rings. The Labute approximate surface area is 103 Å². The summed E-state index contributed by atoms with van der Waals surface area (Å²) >= 11 is 5.78. The van der Waals surface area contributed by atoms with Gasteiger partial charge in [0.1, 0.15) is 5.82 Å². The van der Waals surface area contributed by atoms with E-state index < -0.39 is 5.82 Å². The van der Waals surface area contributed by atoms with Crippen LogP contribution in [0.2, 0.25) is 5.02 Å². The third-order valence-corrected chi connectivity index (χ3v) is 2.79. The van der Waals surface area contributed by atoms with E-state index in [-0.39, 0.29) is 10.8 Å². The van der Waals surface area contributed by atoms with Gasteiger partial charge in [0.15, 0.2) is 11.6 Å². The monoisotopic (exact) mass is 255 g/mol. The molecule has 0 aliphatic carbocycles. The number of nitrogen functional groups attached to an aromatic ring is 1. The number of halogens is 2. The number of aryl methyl sites for hydroxylation is 1. The molecular formula is C11H11ClFN3O. The molecule has 0 saturated heterocycles. The molecular weight excluding hydrogens is 245 g/mol. The zero-order chi connectivity index (χ0) is 12.6. The van der Waals surface area contributed by atoms with Gasteiger partial charge in [0, 0.05) is 12.6 Å². The van der Waals surface area contributed by atoms with Crippen LogP contribution in [0.25, 0.3) is 11.1 Å². The molecule has 0 saturated carbocycles. The zero-order valence-electron chi connectivity index (χ0n) is 9.37. The van der Waals surface area contributed by atoms with Crippen LogP contribution in [-0.2, 0) is 7.05 Å². The highest BCUT2D eigenvalue weighted by Gasteiger charge is 2.14. The van der Waals surface area contributed by atoms with Gasteiger partial charge in [-0.2, -0.15) is 5.10 Å². The topological polar surface area (TPSA) is 53.1 Å². The molecule has 0 amide bonds. The molecule has 0 aliphatic heterocycles. The maximum Gasteiger partial charge on any atom is 0.183 e. The van der Waals surface area contributed by atoms with Crippen molar-refractivity contribution in [3.05, 3.63) is 29.2 Å². The second kappa shape index (κ2) is 4.25. The van der Waals surface area contributed by atoms with E-state index in [4.69, 9.17) is 22.1 Å². The van der Waals surface area contributed by atoms with Crippen molar-refractivity contribution in [1.29, 1.82) is 0 Å². The third kappa shape index (κ3) is 1.93. The largest absolute Gasteiger partial charge is 0.494 e. The summed E-state index contributed by atoms with van der Waals surface area (Å²) in [5.41, 5.74) is 7.19. The Hall–Kier alpha value is -1.75. The molecule has 0 fully saturated rings. The van der Waals surface area contributed by atoms with Crippen molar-refractivity contribution in [2.45, 2.75) is 0 Å². The predicted molar refractivity (Wildman–Crippen MR) is 64.6 cm³/mol. The summed E-state index contributed by atoms with van der Waals surface area (Å²) in [7, 11) is 3.10. The van der Waals surface area contributed by atoms with Crippen molar-refractivity contribution >= 4 is 17.4 Å². The van der Waals surface area contributed by atoms with E-state index in [1.807, 2.05) is 0 Å². The van der Waals surface area contributed by atoms with Crippen molar-refractivity contribution < 1.29 is 9.13 Å². The number of aromatic nitrogens is 2. The maximum absolute atomic E-state index is 13.5. The van der Waals surface area contributed by atoms with Crippen LogP contribution >= 0.6 is 11.6 Å². The molecule has 0 aliphatic rings. The van der Waals surface area contributed by atoms with Gasteiger partial charge in [-0.25, -0.2) is 4.39 Å². The summed E-state index contributed by atoms with van der Waals surface area (Å²) in [5, 5.41) is 4.00. The van der Waals surface area contributed by atoms with E-state index in [0.717, 1.165) is 0 Å². The highest BCUT2D eigenvalue weighted by Crippen LogP contribution is 2.34. The van der Waals surface area contributed by atoms with Gasteiger partial charge in [0.25, 0.3) is 0 Å². The van der Waals surface area contributed by atoms with E-state index >= 15 is 0 Å². The Morgan fingerprint density at radius 3 is 2.71 bits per heavy atom. The third-order valence-electron chi connectivity index (χ3n) is 2.51. The molecule has 1 aromatic heterocycles. The first kappa shape index (κ1) is 11.7. The van der Waals surface area contributed by atoms with Crippen LogP contribution < -0.4 is 10.5 Å². The van der Waals surface area contributed by atoms with E-state index in [9.17, 15) is 4.39 Å². The highest BCUT2D eigenvalue weighted by atomic mass is 35.5. The first-order chi connectivity index (χ1) is 8.04. The van der Waals surface area contributed by atoms with Crippen LogP contribution in [0, 0.1) is 5.82 Å². The van der Waals surface area contributed by atoms with E-state index in [1.54, 1.807) is 13.2 Å². The Balaban J connectivity index is 2.61. The number of nitrogens with zero attached hydrogens (tertiary/aromatic N) is 2. The van der Waals surface area contributed by atoms with Crippen LogP contribution in [0.5, 0.6) is 5.75 Å². The minimum Gasteiger partial charge on any atom is -0.494 e. The lowest BCUT2D eigenvalue weighted by atomic mass is 10.1. The summed E-state index contributed by atoms with van der Waals surface area (Å²) in [5.74, 6) is -0.0224. The van der Waals surface area contributed by atoms with Gasteiger partial charge in [-0.1, -0.05) is 11.6 Å². The number of ether oxygens (including phenoxy) is 1. The molecule has 0 unspecified atom stereocenters. The minimum absolute atomic E-state index is 0.0115. The first-order valence-electron chi connectivity index (χ1n) is 4.85. The van der Waals surface area contributed by atoms with E-state index in [2.05, 4.69) is 5.10 Å². The van der Waals surface area contributed by atoms with Crippen molar-refractivity contribution in [2.75, 3.05) is 12.8 Å². The Morgan fingerprint density at radius 1 is 1.47 bits per heavy atom. The van der Waals surface area contributed by atoms with Crippen molar-refractivity contribution in [2.24, 2.45) is 7.05 Å². The summed E-state index contributed by atoms with van der Waals surface area (Å²) in [4.78, 5) is 0. The number of methoxy groups -OCH3 is 1. The molecule has 4 nitrogen and oxygen atoms in total. The molecule has 90 valence electrons. The SMILES string of the molecule is COc1cc(-c2cnn(C)c2N)cc(Cl)c1F. The van der Waals surface area contributed by atoms with E-state index in [1.165, 1.54) is 23.9 Å². The zero-order valence-corrected chi connectivity index (χ0v) is 10.1. The summed E-state index contributed by atoms with van der Waals surface area (Å²) in [6.45, 7) is 0. The number of rotatable bonds is 2. The fourth-order valence-corrected chi connectivity index (χ4v) is 1.75. The predicted octanol–water partition coefficient (Wildman–Crippen LogP) is 2.47. The smallest absolute Gasteiger partial charge is 0.183 e. The highest BCUT2D eigenvalue weighted by molar-refractivity contribution is 6.31. The van der Waals surface area contributed by atoms with Crippen molar-refractivity contribution in [1.82, 2.24) is 9.78 Å². The lowest BCUT2D eigenvalue weighted by molar-refractivity contribution is 0.387. The normalized spacial score (nSPS) is 10.6. The molecule has 0 bridgehead atoms. The lowest BCUT2D eigenvalue weighted by Crippen LogP contribution is -1.98. The number of anilines is 1. The Kier molecular flexibility index (Phi) is 2.93. The van der Waals surface area contributed by atoms with Gasteiger partial charge in [-0.05, 0) is 17.7 Å².